The topological polar surface area (TPSA) is 92.5 Å². The molecule has 4 N–H and O–H groups in total. The summed E-state index contributed by atoms with van der Waals surface area (Å²) in [4.78, 5) is 19.1. The van der Waals surface area contributed by atoms with E-state index in [1.54, 1.807) is 13.2 Å². The molecule has 1 heterocycles. The number of benzene rings is 2. The van der Waals surface area contributed by atoms with Crippen molar-refractivity contribution < 1.29 is 9.53 Å². The highest BCUT2D eigenvalue weighted by Gasteiger charge is 2.09. The van der Waals surface area contributed by atoms with Crippen LogP contribution in [0.3, 0.4) is 0 Å². The number of hydrogen-bond acceptors (Lipinski definition) is 2. The van der Waals surface area contributed by atoms with Gasteiger partial charge >= 0.3 is 0 Å². The molecule has 2 aromatic carbocycles. The summed E-state index contributed by atoms with van der Waals surface area (Å²) < 4.78 is 5.10. The molecular formula is C18H19ClN4O2. The second-order valence-corrected chi connectivity index (χ2v) is 5.27. The Morgan fingerprint density at radius 3 is 2.60 bits per heavy atom. The molecule has 6 nitrogen and oxygen atoms in total. The van der Waals surface area contributed by atoms with Gasteiger partial charge in [-0.25, -0.2) is 0 Å². The molecule has 7 heteroatoms. The van der Waals surface area contributed by atoms with Crippen LogP contribution in [0.5, 0.6) is 5.75 Å². The Hall–Kier alpha value is -2.99. The predicted molar refractivity (Wildman–Crippen MR) is 101 cm³/mol. The largest absolute Gasteiger partial charge is 0.497 e. The number of halogens is 1. The quantitative estimate of drug-likeness (QED) is 0.494. The fourth-order valence-electron chi connectivity index (χ4n) is 2.33. The smallest absolute Gasteiger partial charge is 0.296 e. The number of nitrogens with zero attached hydrogens (tertiary/aromatic N) is 1. The number of fused-ring (bicyclic) bond motifs is 1. The van der Waals surface area contributed by atoms with Gasteiger partial charge in [0.25, 0.3) is 5.91 Å². The SMILES string of the molecule is COc1ccc(CNC(N)=NC(=O)c2cc3ccccc3[nH]2)cc1.Cl. The van der Waals surface area contributed by atoms with Crippen LogP contribution < -0.4 is 15.8 Å². The minimum Gasteiger partial charge on any atom is -0.497 e. The molecule has 0 radical (unpaired) electrons. The standard InChI is InChI=1S/C18H18N4O2.ClH/c1-24-14-8-6-12(7-9-14)11-20-18(19)22-17(23)16-10-13-4-2-3-5-15(13)21-16;/h2-10,21H,11H2,1H3,(H3,19,20,22,23);1H. The number of methoxy groups -OCH3 is 1. The molecule has 1 aromatic heterocycles. The third kappa shape index (κ3) is 4.51. The first-order chi connectivity index (χ1) is 11.7. The zero-order valence-corrected chi connectivity index (χ0v) is 14.5. The highest BCUT2D eigenvalue weighted by atomic mass is 35.5. The van der Waals surface area contributed by atoms with Crippen LogP contribution in [0, 0.1) is 0 Å². The molecule has 3 rings (SSSR count). The van der Waals surface area contributed by atoms with Crippen LogP contribution in [0.1, 0.15) is 16.1 Å². The van der Waals surface area contributed by atoms with Gasteiger partial charge in [-0.15, -0.1) is 12.4 Å². The molecule has 0 aliphatic carbocycles. The second-order valence-electron chi connectivity index (χ2n) is 5.27. The van der Waals surface area contributed by atoms with E-state index < -0.39 is 5.91 Å². The number of nitrogens with one attached hydrogen (secondary N) is 2. The van der Waals surface area contributed by atoms with Crippen molar-refractivity contribution in [2.24, 2.45) is 10.7 Å². The normalized spacial score (nSPS) is 11.0. The third-order valence-electron chi connectivity index (χ3n) is 3.62. The van der Waals surface area contributed by atoms with Crippen molar-refractivity contribution in [2.75, 3.05) is 7.11 Å². The summed E-state index contributed by atoms with van der Waals surface area (Å²) in [6, 6.07) is 17.0. The monoisotopic (exact) mass is 358 g/mol. The lowest BCUT2D eigenvalue weighted by Gasteiger charge is -2.06. The Balaban J connectivity index is 0.00000225. The molecule has 1 amide bonds. The summed E-state index contributed by atoms with van der Waals surface area (Å²) in [6.45, 7) is 0.472. The number of carbonyl (C=O) groups is 1. The van der Waals surface area contributed by atoms with E-state index in [0.717, 1.165) is 22.2 Å². The lowest BCUT2D eigenvalue weighted by Crippen LogP contribution is -2.32. The van der Waals surface area contributed by atoms with E-state index >= 15 is 0 Å². The number of para-hydroxylation sites is 1. The number of ether oxygens (including phenoxy) is 1. The van der Waals surface area contributed by atoms with Gasteiger partial charge in [0.15, 0.2) is 5.96 Å². The fourth-order valence-corrected chi connectivity index (χ4v) is 2.33. The average Bonchev–Trinajstić information content (AvgIpc) is 3.05. The first-order valence-corrected chi connectivity index (χ1v) is 7.49. The van der Waals surface area contributed by atoms with Crippen LogP contribution in [0.15, 0.2) is 59.6 Å². The van der Waals surface area contributed by atoms with Gasteiger partial charge in [-0.05, 0) is 29.8 Å². The Labute approximate surface area is 151 Å². The van der Waals surface area contributed by atoms with Crippen molar-refractivity contribution in [2.45, 2.75) is 6.54 Å². The Morgan fingerprint density at radius 2 is 1.92 bits per heavy atom. The van der Waals surface area contributed by atoms with Gasteiger partial charge in [-0.1, -0.05) is 30.3 Å². The van der Waals surface area contributed by atoms with Crippen LogP contribution in [-0.4, -0.2) is 24.0 Å². The molecule has 0 saturated carbocycles. The molecule has 0 atom stereocenters. The number of aliphatic imine (C=N–C) groups is 1. The van der Waals surface area contributed by atoms with Crippen LogP contribution in [0.2, 0.25) is 0 Å². The van der Waals surface area contributed by atoms with Gasteiger partial charge in [-0.2, -0.15) is 4.99 Å². The number of amides is 1. The molecule has 0 unspecified atom stereocenters. The molecule has 3 aromatic rings. The van der Waals surface area contributed by atoms with Crippen LogP contribution >= 0.6 is 12.4 Å². The molecule has 0 fully saturated rings. The number of aromatic nitrogens is 1. The van der Waals surface area contributed by atoms with Gasteiger partial charge in [0.05, 0.1) is 7.11 Å². The molecule has 0 aliphatic heterocycles. The van der Waals surface area contributed by atoms with Gasteiger partial charge in [-0.3, -0.25) is 4.79 Å². The van der Waals surface area contributed by atoms with Crippen molar-refractivity contribution in [3.05, 3.63) is 65.9 Å². The highest BCUT2D eigenvalue weighted by molar-refractivity contribution is 6.03. The van der Waals surface area contributed by atoms with Gasteiger partial charge in [0.2, 0.25) is 0 Å². The van der Waals surface area contributed by atoms with E-state index in [2.05, 4.69) is 15.3 Å². The van der Waals surface area contributed by atoms with Crippen LogP contribution in [0.25, 0.3) is 10.9 Å². The zero-order chi connectivity index (χ0) is 16.9. The van der Waals surface area contributed by atoms with E-state index in [1.807, 2.05) is 48.5 Å². The first kappa shape index (κ1) is 18.4. The number of nitrogens with two attached hydrogens (primary N) is 1. The number of rotatable bonds is 4. The summed E-state index contributed by atoms with van der Waals surface area (Å²) in [5.74, 6) is 0.454. The van der Waals surface area contributed by atoms with Gasteiger partial charge < -0.3 is 20.8 Å². The van der Waals surface area contributed by atoms with Crippen molar-refractivity contribution in [3.63, 3.8) is 0 Å². The van der Waals surface area contributed by atoms with Crippen molar-refractivity contribution in [1.82, 2.24) is 10.3 Å². The molecular weight excluding hydrogens is 340 g/mol. The number of aromatic amines is 1. The number of H-pyrrole nitrogens is 1. The minimum atomic E-state index is -0.411. The minimum absolute atomic E-state index is 0. The summed E-state index contributed by atoms with van der Waals surface area (Å²) in [5.41, 5.74) is 8.09. The average molecular weight is 359 g/mol. The van der Waals surface area contributed by atoms with E-state index in [4.69, 9.17) is 10.5 Å². The zero-order valence-electron chi connectivity index (χ0n) is 13.7. The first-order valence-electron chi connectivity index (χ1n) is 7.49. The third-order valence-corrected chi connectivity index (χ3v) is 3.62. The predicted octanol–water partition coefficient (Wildman–Crippen LogP) is 2.84. The number of guanidine groups is 1. The maximum atomic E-state index is 12.2. The van der Waals surface area contributed by atoms with Crippen molar-refractivity contribution in [1.29, 1.82) is 0 Å². The lowest BCUT2D eigenvalue weighted by atomic mass is 10.2. The van der Waals surface area contributed by atoms with Crippen LogP contribution in [-0.2, 0) is 6.54 Å². The van der Waals surface area contributed by atoms with Gasteiger partial charge in [0, 0.05) is 17.4 Å². The Bertz CT molecular complexity index is 854. The summed E-state index contributed by atoms with van der Waals surface area (Å²) in [5, 5.41) is 3.88. The molecule has 0 saturated heterocycles. The van der Waals surface area contributed by atoms with Crippen molar-refractivity contribution in [3.8, 4) is 5.75 Å². The maximum Gasteiger partial charge on any atom is 0.296 e. The second kappa shape index (κ2) is 8.21. The molecule has 0 aliphatic rings. The summed E-state index contributed by atoms with van der Waals surface area (Å²) >= 11 is 0. The molecule has 0 bridgehead atoms. The highest BCUT2D eigenvalue weighted by Crippen LogP contribution is 2.15. The van der Waals surface area contributed by atoms with Gasteiger partial charge in [0.1, 0.15) is 11.4 Å². The molecule has 25 heavy (non-hydrogen) atoms. The number of carbonyl (C=O) groups excluding carboxylic acids is 1. The summed E-state index contributed by atoms with van der Waals surface area (Å²) in [6.07, 6.45) is 0. The van der Waals surface area contributed by atoms with E-state index in [-0.39, 0.29) is 18.4 Å². The number of hydrogen-bond donors (Lipinski definition) is 3. The van der Waals surface area contributed by atoms with E-state index in [1.165, 1.54) is 0 Å². The van der Waals surface area contributed by atoms with E-state index in [9.17, 15) is 4.79 Å². The fraction of sp³-hybridized carbons (Fsp3) is 0.111. The molecule has 130 valence electrons. The molecule has 0 spiro atoms. The van der Waals surface area contributed by atoms with E-state index in [0.29, 0.717) is 12.2 Å². The van der Waals surface area contributed by atoms with Crippen molar-refractivity contribution >= 4 is 35.2 Å². The summed E-state index contributed by atoms with van der Waals surface area (Å²) in [7, 11) is 1.62. The lowest BCUT2D eigenvalue weighted by molar-refractivity contribution is 0.0998. The van der Waals surface area contributed by atoms with Crippen LogP contribution in [0.4, 0.5) is 0 Å². The Kier molecular flexibility index (Phi) is 6.03. The Morgan fingerprint density at radius 1 is 1.20 bits per heavy atom. The maximum absolute atomic E-state index is 12.2.